The lowest BCUT2D eigenvalue weighted by atomic mass is 9.66. The molecule has 0 aromatic heterocycles. The Hall–Kier alpha value is -1.99. The molecule has 1 saturated carbocycles. The van der Waals surface area contributed by atoms with Crippen LogP contribution in [0.4, 0.5) is 0 Å². The molecular formula is C17H19N3. The standard InChI is InChI=1S/C17H19N3/c1-12-5-4-7-13(9-12)17-11-15(19-20-18)10-14-6-2-3-8-16(14)17/h2-9,14-17H,10-11H2,1H3. The van der Waals surface area contributed by atoms with E-state index in [0.717, 1.165) is 12.8 Å². The van der Waals surface area contributed by atoms with E-state index in [2.05, 4.69) is 65.5 Å². The van der Waals surface area contributed by atoms with Gasteiger partial charge in [-0.05, 0) is 48.6 Å². The summed E-state index contributed by atoms with van der Waals surface area (Å²) in [5.74, 6) is 1.48. The Balaban J connectivity index is 1.95. The van der Waals surface area contributed by atoms with Crippen LogP contribution in [0.2, 0.25) is 0 Å². The molecule has 0 bridgehead atoms. The van der Waals surface area contributed by atoms with Crippen molar-refractivity contribution in [2.45, 2.75) is 31.7 Å². The number of benzene rings is 1. The smallest absolute Gasteiger partial charge is 0.0385 e. The van der Waals surface area contributed by atoms with Gasteiger partial charge in [-0.3, -0.25) is 0 Å². The summed E-state index contributed by atoms with van der Waals surface area (Å²) >= 11 is 0. The van der Waals surface area contributed by atoms with Crippen molar-refractivity contribution in [1.29, 1.82) is 0 Å². The van der Waals surface area contributed by atoms with E-state index in [1.54, 1.807) is 0 Å². The van der Waals surface area contributed by atoms with Gasteiger partial charge in [-0.15, -0.1) is 0 Å². The van der Waals surface area contributed by atoms with Gasteiger partial charge in [-0.25, -0.2) is 0 Å². The van der Waals surface area contributed by atoms with Crippen LogP contribution in [0, 0.1) is 18.8 Å². The van der Waals surface area contributed by atoms with Gasteiger partial charge in [0, 0.05) is 11.0 Å². The summed E-state index contributed by atoms with van der Waals surface area (Å²) in [4.78, 5) is 3.03. The zero-order valence-corrected chi connectivity index (χ0v) is 11.7. The molecule has 4 unspecified atom stereocenters. The lowest BCUT2D eigenvalue weighted by molar-refractivity contribution is 0.262. The van der Waals surface area contributed by atoms with Crippen LogP contribution in [0.15, 0.2) is 53.7 Å². The van der Waals surface area contributed by atoms with Gasteiger partial charge in [-0.2, -0.15) is 0 Å². The van der Waals surface area contributed by atoms with Crippen LogP contribution in [0.3, 0.4) is 0 Å². The molecule has 3 heteroatoms. The van der Waals surface area contributed by atoms with Gasteiger partial charge in [0.05, 0.1) is 0 Å². The SMILES string of the molecule is Cc1cccc(C2CC(N=[N+]=[N-])CC3C=CC=CC32)c1. The molecule has 0 N–H and O–H groups in total. The molecule has 0 spiro atoms. The molecule has 3 nitrogen and oxygen atoms in total. The van der Waals surface area contributed by atoms with Gasteiger partial charge in [0.25, 0.3) is 0 Å². The number of azide groups is 1. The molecule has 102 valence electrons. The quantitative estimate of drug-likeness (QED) is 0.414. The summed E-state index contributed by atoms with van der Waals surface area (Å²) in [6.45, 7) is 2.13. The maximum Gasteiger partial charge on any atom is 0.0385 e. The maximum atomic E-state index is 8.74. The fourth-order valence-corrected chi connectivity index (χ4v) is 3.63. The zero-order chi connectivity index (χ0) is 13.9. The molecule has 20 heavy (non-hydrogen) atoms. The molecule has 0 amide bonds. The predicted molar refractivity (Wildman–Crippen MR) is 81.3 cm³/mol. The molecule has 1 aromatic carbocycles. The number of aryl methyl sites for hydroxylation is 1. The van der Waals surface area contributed by atoms with E-state index in [0.29, 0.717) is 17.8 Å². The second-order valence-electron chi connectivity index (χ2n) is 5.86. The van der Waals surface area contributed by atoms with E-state index in [9.17, 15) is 0 Å². The van der Waals surface area contributed by atoms with Crippen molar-refractivity contribution < 1.29 is 0 Å². The number of fused-ring (bicyclic) bond motifs is 1. The van der Waals surface area contributed by atoms with Crippen molar-refractivity contribution in [2.24, 2.45) is 17.0 Å². The second-order valence-corrected chi connectivity index (χ2v) is 5.86. The highest BCUT2D eigenvalue weighted by molar-refractivity contribution is 5.30. The van der Waals surface area contributed by atoms with Crippen LogP contribution in [0.1, 0.15) is 29.9 Å². The molecule has 2 aliphatic rings. The molecule has 0 radical (unpaired) electrons. The average Bonchev–Trinajstić information content (AvgIpc) is 2.47. The number of rotatable bonds is 2. The number of hydrogen-bond donors (Lipinski definition) is 0. The topological polar surface area (TPSA) is 48.8 Å². The highest BCUT2D eigenvalue weighted by Crippen LogP contribution is 2.45. The van der Waals surface area contributed by atoms with E-state index in [1.165, 1.54) is 11.1 Å². The highest BCUT2D eigenvalue weighted by atomic mass is 15.1. The van der Waals surface area contributed by atoms with Crippen LogP contribution >= 0.6 is 0 Å². The first kappa shape index (κ1) is 13.0. The first-order chi connectivity index (χ1) is 9.78. The van der Waals surface area contributed by atoms with Crippen LogP contribution in [0.5, 0.6) is 0 Å². The molecule has 1 fully saturated rings. The Labute approximate surface area is 119 Å². The summed E-state index contributed by atoms with van der Waals surface area (Å²) in [7, 11) is 0. The molecule has 0 aliphatic heterocycles. The van der Waals surface area contributed by atoms with Gasteiger partial charge in [-0.1, -0.05) is 59.2 Å². The number of allylic oxidation sites excluding steroid dienone is 4. The molecule has 0 heterocycles. The summed E-state index contributed by atoms with van der Waals surface area (Å²) < 4.78 is 0. The van der Waals surface area contributed by atoms with E-state index in [4.69, 9.17) is 5.53 Å². The van der Waals surface area contributed by atoms with Crippen molar-refractivity contribution in [3.63, 3.8) is 0 Å². The maximum absolute atomic E-state index is 8.74. The van der Waals surface area contributed by atoms with Gasteiger partial charge < -0.3 is 0 Å². The molecule has 1 aromatic rings. The highest BCUT2D eigenvalue weighted by Gasteiger charge is 2.36. The molecule has 0 saturated heterocycles. The summed E-state index contributed by atoms with van der Waals surface area (Å²) in [5.41, 5.74) is 11.4. The lowest BCUT2D eigenvalue weighted by Crippen LogP contribution is -2.32. The number of nitrogens with zero attached hydrogens (tertiary/aromatic N) is 3. The summed E-state index contributed by atoms with van der Waals surface area (Å²) in [6, 6.07) is 8.85. The minimum atomic E-state index is 0.114. The Morgan fingerprint density at radius 2 is 2.05 bits per heavy atom. The van der Waals surface area contributed by atoms with Crippen LogP contribution < -0.4 is 0 Å². The van der Waals surface area contributed by atoms with Gasteiger partial charge in [0.1, 0.15) is 0 Å². The molecule has 4 atom stereocenters. The minimum Gasteiger partial charge on any atom is -0.0906 e. The van der Waals surface area contributed by atoms with Gasteiger partial charge in [0.15, 0.2) is 0 Å². The fraction of sp³-hybridized carbons (Fsp3) is 0.412. The zero-order valence-electron chi connectivity index (χ0n) is 11.7. The van der Waals surface area contributed by atoms with Crippen molar-refractivity contribution >= 4 is 0 Å². The summed E-state index contributed by atoms with van der Waals surface area (Å²) in [6.07, 6.45) is 10.8. The van der Waals surface area contributed by atoms with Crippen molar-refractivity contribution in [1.82, 2.24) is 0 Å². The van der Waals surface area contributed by atoms with Gasteiger partial charge >= 0.3 is 0 Å². The second kappa shape index (κ2) is 5.56. The van der Waals surface area contributed by atoms with Crippen LogP contribution in [-0.4, -0.2) is 6.04 Å². The first-order valence-electron chi connectivity index (χ1n) is 7.23. The van der Waals surface area contributed by atoms with E-state index < -0.39 is 0 Å². The molecular weight excluding hydrogens is 246 g/mol. The van der Waals surface area contributed by atoms with Gasteiger partial charge in [0.2, 0.25) is 0 Å². The third-order valence-corrected chi connectivity index (χ3v) is 4.52. The predicted octanol–water partition coefficient (Wildman–Crippen LogP) is 4.91. The van der Waals surface area contributed by atoms with Crippen molar-refractivity contribution in [3.8, 4) is 0 Å². The van der Waals surface area contributed by atoms with Crippen LogP contribution in [-0.2, 0) is 0 Å². The van der Waals surface area contributed by atoms with Crippen LogP contribution in [0.25, 0.3) is 10.4 Å². The van der Waals surface area contributed by atoms with E-state index in [-0.39, 0.29) is 6.04 Å². The first-order valence-corrected chi connectivity index (χ1v) is 7.23. The third-order valence-electron chi connectivity index (χ3n) is 4.52. The van der Waals surface area contributed by atoms with E-state index >= 15 is 0 Å². The Kier molecular flexibility index (Phi) is 3.62. The monoisotopic (exact) mass is 265 g/mol. The third kappa shape index (κ3) is 2.50. The Morgan fingerprint density at radius 1 is 1.20 bits per heavy atom. The van der Waals surface area contributed by atoms with Crippen molar-refractivity contribution in [2.75, 3.05) is 0 Å². The van der Waals surface area contributed by atoms with Crippen molar-refractivity contribution in [3.05, 3.63) is 70.1 Å². The largest absolute Gasteiger partial charge is 0.0906 e. The number of hydrogen-bond acceptors (Lipinski definition) is 1. The molecule has 2 aliphatic carbocycles. The summed E-state index contributed by atoms with van der Waals surface area (Å²) in [5, 5.41) is 4.00. The molecule has 3 rings (SSSR count). The van der Waals surface area contributed by atoms with E-state index in [1.807, 2.05) is 0 Å². The average molecular weight is 265 g/mol. The normalized spacial score (nSPS) is 31.4. The Bertz CT molecular complexity index is 596. The Morgan fingerprint density at radius 3 is 2.85 bits per heavy atom. The lowest BCUT2D eigenvalue weighted by Gasteiger charge is -2.39. The minimum absolute atomic E-state index is 0.114. The fourth-order valence-electron chi connectivity index (χ4n) is 3.63.